The second-order valence-corrected chi connectivity index (χ2v) is 6.48. The molecule has 0 spiro atoms. The van der Waals surface area contributed by atoms with Crippen molar-refractivity contribution in [3.63, 3.8) is 0 Å². The summed E-state index contributed by atoms with van der Waals surface area (Å²) in [7, 11) is 0. The van der Waals surface area contributed by atoms with E-state index in [0.29, 0.717) is 6.42 Å². The molecule has 2 heterocycles. The Morgan fingerprint density at radius 3 is 2.58 bits per heavy atom. The minimum Gasteiger partial charge on any atom is -0.340 e. The van der Waals surface area contributed by atoms with E-state index in [-0.39, 0.29) is 47.4 Å². The fourth-order valence-electron chi connectivity index (χ4n) is 3.06. The Bertz CT molecular complexity index is 832. The van der Waals surface area contributed by atoms with E-state index in [4.69, 9.17) is 0 Å². The zero-order chi connectivity index (χ0) is 19.0. The summed E-state index contributed by atoms with van der Waals surface area (Å²) in [5.41, 5.74) is 0.639. The Morgan fingerprint density at radius 1 is 1.23 bits per heavy atom. The Labute approximate surface area is 149 Å². The van der Waals surface area contributed by atoms with Crippen LogP contribution in [0.2, 0.25) is 0 Å². The van der Waals surface area contributed by atoms with Crippen LogP contribution < -0.4 is 10.6 Å². The molecule has 0 bridgehead atoms. The smallest absolute Gasteiger partial charge is 0.261 e. The standard InChI is InChI=1S/C18H19N3O5/c1-3-9(2)21-17(25)11-5-4-10(8-12(11)18(21)26)15(23)19-13-6-7-14(22)20-16(13)24/h4-5,8-9,13H,3,6-7H2,1-2H3,(H,19,23)(H,20,22,24). The van der Waals surface area contributed by atoms with E-state index >= 15 is 0 Å². The maximum atomic E-state index is 12.5. The maximum Gasteiger partial charge on any atom is 0.261 e. The van der Waals surface area contributed by atoms with E-state index in [1.807, 2.05) is 6.92 Å². The summed E-state index contributed by atoms with van der Waals surface area (Å²) in [6.45, 7) is 3.67. The van der Waals surface area contributed by atoms with Crippen LogP contribution in [0.5, 0.6) is 0 Å². The van der Waals surface area contributed by atoms with Crippen molar-refractivity contribution in [2.24, 2.45) is 0 Å². The lowest BCUT2D eigenvalue weighted by atomic mass is 10.0. The lowest BCUT2D eigenvalue weighted by molar-refractivity contribution is -0.134. The molecule has 2 aliphatic rings. The average molecular weight is 357 g/mol. The van der Waals surface area contributed by atoms with Crippen molar-refractivity contribution in [2.45, 2.75) is 45.2 Å². The normalized spacial score (nSPS) is 20.7. The number of nitrogens with one attached hydrogen (secondary N) is 2. The topological polar surface area (TPSA) is 113 Å². The first kappa shape index (κ1) is 17.8. The number of fused-ring (bicyclic) bond motifs is 1. The number of imide groups is 2. The minimum absolute atomic E-state index is 0.151. The van der Waals surface area contributed by atoms with Gasteiger partial charge in [0.05, 0.1) is 11.1 Å². The van der Waals surface area contributed by atoms with E-state index in [1.165, 1.54) is 23.1 Å². The number of nitrogens with zero attached hydrogens (tertiary/aromatic N) is 1. The number of rotatable bonds is 4. The van der Waals surface area contributed by atoms with Crippen molar-refractivity contribution < 1.29 is 24.0 Å². The number of benzene rings is 1. The van der Waals surface area contributed by atoms with Gasteiger partial charge in [-0.25, -0.2) is 0 Å². The van der Waals surface area contributed by atoms with Crippen molar-refractivity contribution in [1.29, 1.82) is 0 Å². The molecule has 2 unspecified atom stereocenters. The summed E-state index contributed by atoms with van der Waals surface area (Å²) in [5, 5.41) is 4.72. The van der Waals surface area contributed by atoms with Gasteiger partial charge in [0.1, 0.15) is 6.04 Å². The quantitative estimate of drug-likeness (QED) is 0.767. The van der Waals surface area contributed by atoms with Crippen LogP contribution in [-0.2, 0) is 9.59 Å². The highest BCUT2D eigenvalue weighted by Crippen LogP contribution is 2.26. The molecule has 5 amide bonds. The third kappa shape index (κ3) is 2.98. The third-order valence-corrected chi connectivity index (χ3v) is 4.76. The summed E-state index contributed by atoms with van der Waals surface area (Å²) in [6, 6.07) is 3.24. The monoisotopic (exact) mass is 357 g/mol. The van der Waals surface area contributed by atoms with Crippen LogP contribution in [0.3, 0.4) is 0 Å². The van der Waals surface area contributed by atoms with Gasteiger partial charge in [0, 0.05) is 18.0 Å². The fourth-order valence-corrected chi connectivity index (χ4v) is 3.06. The highest BCUT2D eigenvalue weighted by molar-refractivity contribution is 6.22. The molecule has 8 nitrogen and oxygen atoms in total. The van der Waals surface area contributed by atoms with Gasteiger partial charge in [0.15, 0.2) is 0 Å². The molecule has 2 aliphatic heterocycles. The van der Waals surface area contributed by atoms with Crippen LogP contribution in [0.1, 0.15) is 64.2 Å². The number of piperidine rings is 1. The largest absolute Gasteiger partial charge is 0.340 e. The Balaban J connectivity index is 1.80. The van der Waals surface area contributed by atoms with Gasteiger partial charge in [-0.15, -0.1) is 0 Å². The molecule has 1 aromatic carbocycles. The Kier molecular flexibility index (Phi) is 4.58. The van der Waals surface area contributed by atoms with Crippen molar-refractivity contribution in [2.75, 3.05) is 0 Å². The fraction of sp³-hybridized carbons (Fsp3) is 0.389. The number of carbonyl (C=O) groups is 5. The second kappa shape index (κ2) is 6.70. The molecular formula is C18H19N3O5. The number of amides is 5. The lowest BCUT2D eigenvalue weighted by Crippen LogP contribution is -2.52. The molecule has 3 rings (SSSR count). The molecule has 26 heavy (non-hydrogen) atoms. The van der Waals surface area contributed by atoms with Gasteiger partial charge >= 0.3 is 0 Å². The first-order valence-electron chi connectivity index (χ1n) is 8.50. The zero-order valence-corrected chi connectivity index (χ0v) is 14.5. The molecule has 1 aromatic rings. The molecule has 8 heteroatoms. The molecule has 0 aliphatic carbocycles. The van der Waals surface area contributed by atoms with Crippen LogP contribution in [-0.4, -0.2) is 46.5 Å². The molecule has 0 aromatic heterocycles. The van der Waals surface area contributed by atoms with Gasteiger partial charge in [0.2, 0.25) is 11.8 Å². The minimum atomic E-state index is -0.803. The number of carbonyl (C=O) groups excluding carboxylic acids is 5. The van der Waals surface area contributed by atoms with Gasteiger partial charge < -0.3 is 5.32 Å². The van der Waals surface area contributed by atoms with Gasteiger partial charge in [-0.2, -0.15) is 0 Å². The van der Waals surface area contributed by atoms with E-state index in [2.05, 4.69) is 10.6 Å². The second-order valence-electron chi connectivity index (χ2n) is 6.48. The van der Waals surface area contributed by atoms with Crippen molar-refractivity contribution in [3.05, 3.63) is 34.9 Å². The predicted octanol–water partition coefficient (Wildman–Crippen LogP) is 0.616. The van der Waals surface area contributed by atoms with Crippen molar-refractivity contribution >= 4 is 29.5 Å². The van der Waals surface area contributed by atoms with Crippen LogP contribution in [0.25, 0.3) is 0 Å². The molecule has 0 radical (unpaired) electrons. The third-order valence-electron chi connectivity index (χ3n) is 4.76. The molecule has 1 fully saturated rings. The molecule has 136 valence electrons. The van der Waals surface area contributed by atoms with Crippen LogP contribution in [0.4, 0.5) is 0 Å². The predicted molar refractivity (Wildman–Crippen MR) is 90.3 cm³/mol. The van der Waals surface area contributed by atoms with E-state index in [9.17, 15) is 24.0 Å². The van der Waals surface area contributed by atoms with Crippen molar-refractivity contribution in [3.8, 4) is 0 Å². The summed E-state index contributed by atoms with van der Waals surface area (Å²) < 4.78 is 0. The van der Waals surface area contributed by atoms with E-state index < -0.39 is 23.8 Å². The van der Waals surface area contributed by atoms with Gasteiger partial charge in [-0.05, 0) is 38.0 Å². The van der Waals surface area contributed by atoms with E-state index in [1.54, 1.807) is 6.92 Å². The first-order chi connectivity index (χ1) is 12.3. The van der Waals surface area contributed by atoms with Crippen LogP contribution in [0.15, 0.2) is 18.2 Å². The molecule has 1 saturated heterocycles. The zero-order valence-electron chi connectivity index (χ0n) is 14.5. The van der Waals surface area contributed by atoms with Crippen LogP contribution >= 0.6 is 0 Å². The Morgan fingerprint density at radius 2 is 1.92 bits per heavy atom. The van der Waals surface area contributed by atoms with Crippen molar-refractivity contribution in [1.82, 2.24) is 15.5 Å². The molecule has 2 N–H and O–H groups in total. The summed E-state index contributed by atoms with van der Waals surface area (Å²) in [5.74, 6) is -2.24. The van der Waals surface area contributed by atoms with Gasteiger partial charge in [0.25, 0.3) is 17.7 Å². The van der Waals surface area contributed by atoms with Gasteiger partial charge in [-0.1, -0.05) is 6.92 Å². The maximum absolute atomic E-state index is 12.5. The molecule has 0 saturated carbocycles. The SMILES string of the molecule is CCC(C)N1C(=O)c2ccc(C(=O)NC3CCC(=O)NC3=O)cc2C1=O. The Hall–Kier alpha value is -3.03. The first-order valence-corrected chi connectivity index (χ1v) is 8.50. The number of hydrogen-bond donors (Lipinski definition) is 2. The molecular weight excluding hydrogens is 338 g/mol. The summed E-state index contributed by atoms with van der Waals surface area (Å²) in [6.07, 6.45) is 1.01. The summed E-state index contributed by atoms with van der Waals surface area (Å²) in [4.78, 5) is 61.5. The average Bonchev–Trinajstić information content (AvgIpc) is 2.87. The number of hydrogen-bond acceptors (Lipinski definition) is 5. The molecule has 2 atom stereocenters. The highest BCUT2D eigenvalue weighted by Gasteiger charge is 2.38. The summed E-state index contributed by atoms with van der Waals surface area (Å²) >= 11 is 0. The lowest BCUT2D eigenvalue weighted by Gasteiger charge is -2.21. The highest BCUT2D eigenvalue weighted by atomic mass is 16.2. The van der Waals surface area contributed by atoms with Gasteiger partial charge in [-0.3, -0.25) is 34.2 Å². The van der Waals surface area contributed by atoms with Crippen LogP contribution in [0, 0.1) is 0 Å². The van der Waals surface area contributed by atoms with E-state index in [0.717, 1.165) is 0 Å².